The van der Waals surface area contributed by atoms with E-state index in [0.29, 0.717) is 5.69 Å². The summed E-state index contributed by atoms with van der Waals surface area (Å²) in [5.74, 6) is -0.152. The van der Waals surface area contributed by atoms with Gasteiger partial charge in [0.25, 0.3) is 0 Å². The molecule has 0 saturated heterocycles. The molecule has 2 rings (SSSR count). The van der Waals surface area contributed by atoms with Crippen LogP contribution in [0.25, 0.3) is 0 Å². The highest BCUT2D eigenvalue weighted by molar-refractivity contribution is 7.92. The summed E-state index contributed by atoms with van der Waals surface area (Å²) in [6, 6.07) is 8.26. The average Bonchev–Trinajstić information content (AvgIpc) is 2.99. The van der Waals surface area contributed by atoms with E-state index in [2.05, 4.69) is 0 Å². The number of hydrogen-bond donors (Lipinski definition) is 0. The van der Waals surface area contributed by atoms with Crippen molar-refractivity contribution in [3.8, 4) is 0 Å². The Bertz CT molecular complexity index is 610. The van der Waals surface area contributed by atoms with Crippen LogP contribution in [0.5, 0.6) is 0 Å². The first kappa shape index (κ1) is 16.8. The maximum atomic E-state index is 12.7. The van der Waals surface area contributed by atoms with E-state index in [1.165, 1.54) is 4.31 Å². The largest absolute Gasteiger partial charge is 0.341 e. The summed E-state index contributed by atoms with van der Waals surface area (Å²) in [4.78, 5) is 14.4. The van der Waals surface area contributed by atoms with Gasteiger partial charge in [0.15, 0.2) is 0 Å². The zero-order chi connectivity index (χ0) is 16.3. The van der Waals surface area contributed by atoms with Gasteiger partial charge in [0.05, 0.1) is 11.9 Å². The van der Waals surface area contributed by atoms with Crippen LogP contribution >= 0.6 is 0 Å². The molecule has 1 saturated carbocycles. The van der Waals surface area contributed by atoms with E-state index < -0.39 is 16.1 Å². The molecule has 0 bridgehead atoms. The van der Waals surface area contributed by atoms with Crippen LogP contribution in [0.4, 0.5) is 5.69 Å². The van der Waals surface area contributed by atoms with E-state index in [1.54, 1.807) is 43.1 Å². The van der Waals surface area contributed by atoms with Crippen molar-refractivity contribution in [3.63, 3.8) is 0 Å². The molecular weight excluding hydrogens is 300 g/mol. The Balaban J connectivity index is 2.26. The third-order valence-electron chi connectivity index (χ3n) is 4.30. The number of sulfonamides is 1. The van der Waals surface area contributed by atoms with E-state index in [4.69, 9.17) is 0 Å². The normalized spacial score (nSPS) is 17.2. The van der Waals surface area contributed by atoms with E-state index >= 15 is 0 Å². The Labute approximate surface area is 133 Å². The van der Waals surface area contributed by atoms with Gasteiger partial charge in [-0.2, -0.15) is 0 Å². The summed E-state index contributed by atoms with van der Waals surface area (Å²) >= 11 is 0. The number of rotatable bonds is 5. The highest BCUT2D eigenvalue weighted by Gasteiger charge is 2.33. The molecule has 1 amide bonds. The van der Waals surface area contributed by atoms with Crippen molar-refractivity contribution in [1.29, 1.82) is 0 Å². The van der Waals surface area contributed by atoms with Crippen molar-refractivity contribution >= 4 is 21.6 Å². The summed E-state index contributed by atoms with van der Waals surface area (Å²) in [6.45, 7) is 1.65. The number of carbonyl (C=O) groups is 1. The Hall–Kier alpha value is -1.56. The molecule has 1 fully saturated rings. The molecule has 6 heteroatoms. The van der Waals surface area contributed by atoms with Crippen LogP contribution < -0.4 is 4.31 Å². The molecule has 0 spiro atoms. The van der Waals surface area contributed by atoms with Crippen LogP contribution in [-0.4, -0.2) is 44.6 Å². The summed E-state index contributed by atoms with van der Waals surface area (Å²) in [6.07, 6.45) is 5.40. The number of anilines is 1. The fraction of sp³-hybridized carbons (Fsp3) is 0.562. The van der Waals surface area contributed by atoms with Crippen LogP contribution in [0.15, 0.2) is 30.3 Å². The number of para-hydroxylation sites is 1. The maximum Gasteiger partial charge on any atom is 0.246 e. The van der Waals surface area contributed by atoms with E-state index in [0.717, 1.165) is 31.9 Å². The Kier molecular flexibility index (Phi) is 5.11. The van der Waals surface area contributed by atoms with Gasteiger partial charge in [0.1, 0.15) is 6.04 Å². The fourth-order valence-corrected chi connectivity index (χ4v) is 4.31. The third-order valence-corrected chi connectivity index (χ3v) is 5.54. The van der Waals surface area contributed by atoms with Crippen LogP contribution in [-0.2, 0) is 14.8 Å². The lowest BCUT2D eigenvalue weighted by molar-refractivity contribution is -0.132. The molecule has 0 heterocycles. The molecule has 0 aromatic heterocycles. The highest BCUT2D eigenvalue weighted by atomic mass is 32.2. The molecule has 1 atom stereocenters. The Morgan fingerprint density at radius 2 is 1.73 bits per heavy atom. The minimum Gasteiger partial charge on any atom is -0.341 e. The van der Waals surface area contributed by atoms with Crippen LogP contribution in [0.1, 0.15) is 32.6 Å². The van der Waals surface area contributed by atoms with Gasteiger partial charge in [-0.05, 0) is 31.9 Å². The minimum absolute atomic E-state index is 0.152. The SMILES string of the molecule is C[C@H](C(=O)N(C)C1CCCC1)N(c1ccccc1)S(C)(=O)=O. The van der Waals surface area contributed by atoms with Crippen molar-refractivity contribution in [2.24, 2.45) is 0 Å². The molecular formula is C16H24N2O3S. The van der Waals surface area contributed by atoms with Gasteiger partial charge in [0, 0.05) is 13.1 Å². The monoisotopic (exact) mass is 324 g/mol. The van der Waals surface area contributed by atoms with Crippen molar-refractivity contribution in [2.45, 2.75) is 44.7 Å². The fourth-order valence-electron chi connectivity index (χ4n) is 3.14. The van der Waals surface area contributed by atoms with Crippen LogP contribution in [0.2, 0.25) is 0 Å². The third kappa shape index (κ3) is 3.61. The number of likely N-dealkylation sites (N-methyl/N-ethyl adjacent to an activating group) is 1. The molecule has 1 aliphatic rings. The zero-order valence-electron chi connectivity index (χ0n) is 13.4. The second-order valence-corrected chi connectivity index (χ2v) is 7.82. The molecule has 1 aromatic rings. The van der Waals surface area contributed by atoms with Gasteiger partial charge in [0.2, 0.25) is 15.9 Å². The van der Waals surface area contributed by atoms with E-state index in [-0.39, 0.29) is 11.9 Å². The molecule has 0 N–H and O–H groups in total. The Morgan fingerprint density at radius 3 is 2.23 bits per heavy atom. The zero-order valence-corrected chi connectivity index (χ0v) is 14.2. The van der Waals surface area contributed by atoms with E-state index in [9.17, 15) is 13.2 Å². The molecule has 0 aliphatic heterocycles. The first-order chi connectivity index (χ1) is 10.3. The highest BCUT2D eigenvalue weighted by Crippen LogP contribution is 2.25. The van der Waals surface area contributed by atoms with Crippen LogP contribution in [0.3, 0.4) is 0 Å². The van der Waals surface area contributed by atoms with Crippen molar-refractivity contribution in [1.82, 2.24) is 4.90 Å². The summed E-state index contributed by atoms with van der Waals surface area (Å²) in [5.41, 5.74) is 0.519. The molecule has 0 unspecified atom stereocenters. The molecule has 1 aromatic carbocycles. The first-order valence-corrected chi connectivity index (χ1v) is 9.48. The lowest BCUT2D eigenvalue weighted by atomic mass is 10.2. The standard InChI is InChI=1S/C16H24N2O3S/c1-13(16(19)17(2)14-9-7-8-10-14)18(22(3,20)21)15-11-5-4-6-12-15/h4-6,11-14H,7-10H2,1-3H3/t13-/m1/s1. The summed E-state index contributed by atoms with van der Waals surface area (Å²) < 4.78 is 25.6. The van der Waals surface area contributed by atoms with Crippen molar-refractivity contribution in [2.75, 3.05) is 17.6 Å². The summed E-state index contributed by atoms with van der Waals surface area (Å²) in [7, 11) is -1.76. The second kappa shape index (κ2) is 6.69. The number of nitrogens with zero attached hydrogens (tertiary/aromatic N) is 2. The predicted molar refractivity (Wildman–Crippen MR) is 88.3 cm³/mol. The summed E-state index contributed by atoms with van der Waals surface area (Å²) in [5, 5.41) is 0. The minimum atomic E-state index is -3.53. The van der Waals surface area contributed by atoms with Gasteiger partial charge in [-0.1, -0.05) is 31.0 Å². The number of hydrogen-bond acceptors (Lipinski definition) is 3. The van der Waals surface area contributed by atoms with Crippen LogP contribution in [0, 0.1) is 0 Å². The van der Waals surface area contributed by atoms with Gasteiger partial charge in [-0.3, -0.25) is 9.10 Å². The first-order valence-electron chi connectivity index (χ1n) is 7.63. The molecule has 122 valence electrons. The second-order valence-electron chi connectivity index (χ2n) is 5.96. The Morgan fingerprint density at radius 1 is 1.18 bits per heavy atom. The molecule has 5 nitrogen and oxygen atoms in total. The molecule has 1 aliphatic carbocycles. The average molecular weight is 324 g/mol. The maximum absolute atomic E-state index is 12.7. The molecule has 0 radical (unpaired) electrons. The topological polar surface area (TPSA) is 57.7 Å². The van der Waals surface area contributed by atoms with Gasteiger partial charge in [-0.25, -0.2) is 8.42 Å². The van der Waals surface area contributed by atoms with Gasteiger partial charge >= 0.3 is 0 Å². The van der Waals surface area contributed by atoms with Gasteiger partial charge < -0.3 is 4.90 Å². The predicted octanol–water partition coefficient (Wildman–Crippen LogP) is 2.24. The lowest BCUT2D eigenvalue weighted by Crippen LogP contribution is -2.50. The molecule has 22 heavy (non-hydrogen) atoms. The number of amides is 1. The smallest absolute Gasteiger partial charge is 0.246 e. The lowest BCUT2D eigenvalue weighted by Gasteiger charge is -2.33. The van der Waals surface area contributed by atoms with E-state index in [1.807, 2.05) is 6.07 Å². The van der Waals surface area contributed by atoms with Crippen molar-refractivity contribution < 1.29 is 13.2 Å². The van der Waals surface area contributed by atoms with Gasteiger partial charge in [-0.15, -0.1) is 0 Å². The number of benzene rings is 1. The van der Waals surface area contributed by atoms with Crippen molar-refractivity contribution in [3.05, 3.63) is 30.3 Å². The number of carbonyl (C=O) groups excluding carboxylic acids is 1. The quantitative estimate of drug-likeness (QED) is 0.834.